The predicted molar refractivity (Wildman–Crippen MR) is 165 cm³/mol. The minimum Gasteiger partial charge on any atom is -0.476 e. The number of ether oxygens (including phenoxy) is 1. The molecule has 4 aromatic rings. The van der Waals surface area contributed by atoms with Gasteiger partial charge in [-0.3, -0.25) is 0 Å². The van der Waals surface area contributed by atoms with Crippen molar-refractivity contribution in [2.75, 3.05) is 5.32 Å². The van der Waals surface area contributed by atoms with Gasteiger partial charge in [-0.15, -0.1) is 11.3 Å². The van der Waals surface area contributed by atoms with Crippen molar-refractivity contribution < 1.29 is 24.3 Å². The number of nitrogens with zero attached hydrogens (tertiary/aromatic N) is 2. The Morgan fingerprint density at radius 3 is 1.79 bits per heavy atom. The van der Waals surface area contributed by atoms with Crippen molar-refractivity contribution in [1.82, 2.24) is 4.98 Å². The fourth-order valence-corrected chi connectivity index (χ4v) is 5.47. The molecule has 0 fully saturated rings. The number of thiazole rings is 1. The SMILES string of the molecule is CCc1sc(NC(c2ccccc2)(c2ccccc2)c2ccccc2)nc1C(=NOC(C)C(=O)OC(C)(C)C)C(=O)O. The molecule has 0 spiro atoms. The summed E-state index contributed by atoms with van der Waals surface area (Å²) in [5.74, 6) is -1.97. The number of esters is 1. The van der Waals surface area contributed by atoms with E-state index in [1.54, 1.807) is 20.8 Å². The largest absolute Gasteiger partial charge is 0.476 e. The van der Waals surface area contributed by atoms with Gasteiger partial charge in [0.25, 0.3) is 0 Å². The maximum atomic E-state index is 12.4. The van der Waals surface area contributed by atoms with Crippen molar-refractivity contribution in [2.45, 2.75) is 58.3 Å². The molecule has 1 heterocycles. The van der Waals surface area contributed by atoms with E-state index in [1.807, 2.05) is 61.5 Å². The van der Waals surface area contributed by atoms with Gasteiger partial charge < -0.3 is 20.0 Å². The molecule has 0 aliphatic carbocycles. The first-order valence-electron chi connectivity index (χ1n) is 13.7. The summed E-state index contributed by atoms with van der Waals surface area (Å²) in [6, 6.07) is 30.1. The Kier molecular flexibility index (Phi) is 9.42. The van der Waals surface area contributed by atoms with E-state index in [4.69, 9.17) is 14.6 Å². The zero-order chi connectivity index (χ0) is 30.3. The van der Waals surface area contributed by atoms with E-state index < -0.39 is 34.9 Å². The second-order valence-electron chi connectivity index (χ2n) is 10.6. The molecule has 0 aliphatic heterocycles. The van der Waals surface area contributed by atoms with Gasteiger partial charge in [0.2, 0.25) is 11.8 Å². The van der Waals surface area contributed by atoms with Crippen LogP contribution in [0, 0.1) is 0 Å². The molecule has 3 aromatic carbocycles. The average Bonchev–Trinajstić information content (AvgIpc) is 3.38. The summed E-state index contributed by atoms with van der Waals surface area (Å²) in [5.41, 5.74) is 1.18. The summed E-state index contributed by atoms with van der Waals surface area (Å²) in [5, 5.41) is 18.1. The molecular weight excluding hydrogens is 550 g/mol. The van der Waals surface area contributed by atoms with Crippen molar-refractivity contribution in [3.63, 3.8) is 0 Å². The number of hydrogen-bond donors (Lipinski definition) is 2. The number of aliphatic carboxylic acids is 1. The van der Waals surface area contributed by atoms with Crippen LogP contribution in [-0.2, 0) is 31.1 Å². The molecule has 1 unspecified atom stereocenters. The van der Waals surface area contributed by atoms with Crippen LogP contribution in [-0.4, -0.2) is 39.4 Å². The first-order chi connectivity index (χ1) is 20.0. The van der Waals surface area contributed by atoms with Gasteiger partial charge in [0.05, 0.1) is 0 Å². The number of carboxylic acids is 1. The molecule has 0 aliphatic rings. The Morgan fingerprint density at radius 1 is 0.905 bits per heavy atom. The maximum Gasteiger partial charge on any atom is 0.360 e. The third-order valence-electron chi connectivity index (χ3n) is 6.40. The van der Waals surface area contributed by atoms with Gasteiger partial charge in [0.15, 0.2) is 5.13 Å². The highest BCUT2D eigenvalue weighted by molar-refractivity contribution is 7.16. The second-order valence-corrected chi connectivity index (χ2v) is 11.7. The predicted octanol–water partition coefficient (Wildman–Crippen LogP) is 6.65. The van der Waals surface area contributed by atoms with Gasteiger partial charge in [0.1, 0.15) is 16.8 Å². The normalized spacial score (nSPS) is 12.8. The lowest BCUT2D eigenvalue weighted by atomic mass is 9.77. The van der Waals surface area contributed by atoms with E-state index >= 15 is 0 Å². The van der Waals surface area contributed by atoms with Crippen molar-refractivity contribution in [2.24, 2.45) is 5.16 Å². The van der Waals surface area contributed by atoms with Crippen LogP contribution < -0.4 is 5.32 Å². The van der Waals surface area contributed by atoms with Crippen molar-refractivity contribution in [1.29, 1.82) is 0 Å². The van der Waals surface area contributed by atoms with Crippen LogP contribution in [0.3, 0.4) is 0 Å². The number of aryl methyl sites for hydroxylation is 1. The Hall–Kier alpha value is -4.50. The minimum absolute atomic E-state index is 0.178. The number of carbonyl (C=O) groups excluding carboxylic acids is 1. The monoisotopic (exact) mass is 585 g/mol. The van der Waals surface area contributed by atoms with Crippen molar-refractivity contribution >= 4 is 34.1 Å². The van der Waals surface area contributed by atoms with Crippen molar-refractivity contribution in [3.05, 3.63) is 118 Å². The molecule has 0 saturated carbocycles. The fourth-order valence-electron chi connectivity index (χ4n) is 4.51. The Bertz CT molecular complexity index is 1430. The molecule has 42 heavy (non-hydrogen) atoms. The molecule has 4 rings (SSSR count). The number of oxime groups is 1. The quantitative estimate of drug-likeness (QED) is 0.0878. The number of aromatic nitrogens is 1. The van der Waals surface area contributed by atoms with Gasteiger partial charge in [-0.25, -0.2) is 14.6 Å². The summed E-state index contributed by atoms with van der Waals surface area (Å²) < 4.78 is 5.32. The summed E-state index contributed by atoms with van der Waals surface area (Å²) >= 11 is 1.35. The topological polar surface area (TPSA) is 110 Å². The van der Waals surface area contributed by atoms with Gasteiger partial charge in [-0.1, -0.05) is 103 Å². The smallest absolute Gasteiger partial charge is 0.360 e. The molecule has 2 N–H and O–H groups in total. The van der Waals surface area contributed by atoms with Crippen LogP contribution in [0.15, 0.2) is 96.2 Å². The molecule has 8 nitrogen and oxygen atoms in total. The van der Waals surface area contributed by atoms with E-state index in [9.17, 15) is 14.7 Å². The highest BCUT2D eigenvalue weighted by atomic mass is 32.1. The summed E-state index contributed by atoms with van der Waals surface area (Å²) in [4.78, 5) is 35.5. The number of carboxylic acid groups (broad SMARTS) is 1. The standard InChI is InChI=1S/C33H35N3O5S/c1-6-26-27(28(29(37)38)36-41-22(2)30(39)40-32(3,4)5)34-31(42-26)35-33(23-16-10-7-11-17-23,24-18-12-8-13-19-24)25-20-14-9-15-21-25/h7-22H,6H2,1-5H3,(H,34,35)(H,37,38). The molecular formula is C33H35N3O5S. The van der Waals surface area contributed by atoms with Crippen LogP contribution >= 0.6 is 11.3 Å². The lowest BCUT2D eigenvalue weighted by Gasteiger charge is -2.36. The number of anilines is 1. The third-order valence-corrected chi connectivity index (χ3v) is 7.52. The summed E-state index contributed by atoms with van der Waals surface area (Å²) in [6.07, 6.45) is -0.598. The van der Waals surface area contributed by atoms with Gasteiger partial charge in [-0.05, 0) is 50.8 Å². The van der Waals surface area contributed by atoms with E-state index in [0.717, 1.165) is 16.7 Å². The number of benzene rings is 3. The lowest BCUT2D eigenvalue weighted by Crippen LogP contribution is -2.38. The number of carbonyl (C=O) groups is 2. The zero-order valence-electron chi connectivity index (χ0n) is 24.3. The Balaban J connectivity index is 1.80. The highest BCUT2D eigenvalue weighted by Crippen LogP contribution is 2.41. The van der Waals surface area contributed by atoms with Gasteiger partial charge >= 0.3 is 11.9 Å². The fraction of sp³-hybridized carbons (Fsp3) is 0.273. The molecule has 9 heteroatoms. The van der Waals surface area contributed by atoms with Crippen molar-refractivity contribution in [3.8, 4) is 0 Å². The third kappa shape index (κ3) is 6.86. The summed E-state index contributed by atoms with van der Waals surface area (Å²) in [6.45, 7) is 8.59. The molecule has 1 atom stereocenters. The Morgan fingerprint density at radius 2 is 1.38 bits per heavy atom. The van der Waals surface area contributed by atoms with Gasteiger partial charge in [0, 0.05) is 4.88 Å². The molecule has 218 valence electrons. The molecule has 0 amide bonds. The minimum atomic E-state index is -1.32. The molecule has 0 bridgehead atoms. The Labute approximate surface area is 250 Å². The van der Waals surface area contributed by atoms with E-state index in [2.05, 4.69) is 46.9 Å². The number of hydrogen-bond acceptors (Lipinski definition) is 8. The zero-order valence-corrected chi connectivity index (χ0v) is 25.1. The molecule has 0 radical (unpaired) electrons. The van der Waals surface area contributed by atoms with E-state index in [1.165, 1.54) is 18.3 Å². The molecule has 1 aromatic heterocycles. The van der Waals surface area contributed by atoms with E-state index in [-0.39, 0.29) is 5.69 Å². The first-order valence-corrected chi connectivity index (χ1v) is 14.5. The van der Waals surface area contributed by atoms with Gasteiger partial charge in [-0.2, -0.15) is 0 Å². The number of nitrogens with one attached hydrogen (secondary N) is 1. The first kappa shape index (κ1) is 30.5. The lowest BCUT2D eigenvalue weighted by molar-refractivity contribution is -0.167. The summed E-state index contributed by atoms with van der Waals surface area (Å²) in [7, 11) is 0. The number of rotatable bonds is 11. The van der Waals surface area contributed by atoms with Crippen LogP contribution in [0.25, 0.3) is 0 Å². The van der Waals surface area contributed by atoms with Crippen LogP contribution in [0.4, 0.5) is 5.13 Å². The van der Waals surface area contributed by atoms with Crippen LogP contribution in [0.1, 0.15) is 61.9 Å². The molecule has 0 saturated heterocycles. The van der Waals surface area contributed by atoms with E-state index in [0.29, 0.717) is 16.4 Å². The average molecular weight is 586 g/mol. The van der Waals surface area contributed by atoms with Crippen LogP contribution in [0.5, 0.6) is 0 Å². The maximum absolute atomic E-state index is 12.4. The van der Waals surface area contributed by atoms with Crippen LogP contribution in [0.2, 0.25) is 0 Å². The second kappa shape index (κ2) is 13.0. The highest BCUT2D eigenvalue weighted by Gasteiger charge is 2.38.